The fourth-order valence-electron chi connectivity index (χ4n) is 1.61. The first-order valence-corrected chi connectivity index (χ1v) is 6.70. The number of aromatic nitrogens is 4. The highest BCUT2D eigenvalue weighted by atomic mass is 32.2. The standard InChI is InChI=1S/C11H14N4O3S/c1-6(2)15-10(8-4-7(3)18-14-8)12-13-11(15)19-5-9(16)17/h4,6H,5H2,1-3H3,(H,16,17). The van der Waals surface area contributed by atoms with Crippen LogP contribution < -0.4 is 0 Å². The van der Waals surface area contributed by atoms with Crippen molar-refractivity contribution in [1.29, 1.82) is 0 Å². The summed E-state index contributed by atoms with van der Waals surface area (Å²) < 4.78 is 6.88. The van der Waals surface area contributed by atoms with Crippen LogP contribution in [0.3, 0.4) is 0 Å². The number of thioether (sulfide) groups is 1. The lowest BCUT2D eigenvalue weighted by Gasteiger charge is -2.11. The van der Waals surface area contributed by atoms with Crippen molar-refractivity contribution in [3.63, 3.8) is 0 Å². The summed E-state index contributed by atoms with van der Waals surface area (Å²) >= 11 is 1.14. The van der Waals surface area contributed by atoms with Gasteiger partial charge in [0.05, 0.1) is 5.75 Å². The Morgan fingerprint density at radius 2 is 2.26 bits per heavy atom. The van der Waals surface area contributed by atoms with Crippen LogP contribution in [0.4, 0.5) is 0 Å². The Morgan fingerprint density at radius 1 is 1.53 bits per heavy atom. The first-order valence-electron chi connectivity index (χ1n) is 5.72. The summed E-state index contributed by atoms with van der Waals surface area (Å²) in [5.41, 5.74) is 0.598. The predicted octanol–water partition coefficient (Wildman–Crippen LogP) is 2.00. The van der Waals surface area contributed by atoms with Crippen molar-refractivity contribution >= 4 is 17.7 Å². The smallest absolute Gasteiger partial charge is 0.313 e. The van der Waals surface area contributed by atoms with Gasteiger partial charge in [-0.3, -0.25) is 9.36 Å². The van der Waals surface area contributed by atoms with Gasteiger partial charge in [-0.25, -0.2) is 0 Å². The molecule has 2 rings (SSSR count). The largest absolute Gasteiger partial charge is 0.481 e. The Labute approximate surface area is 114 Å². The van der Waals surface area contributed by atoms with E-state index < -0.39 is 5.97 Å². The van der Waals surface area contributed by atoms with Crippen LogP contribution in [0.15, 0.2) is 15.7 Å². The van der Waals surface area contributed by atoms with E-state index in [0.717, 1.165) is 11.8 Å². The van der Waals surface area contributed by atoms with Crippen LogP contribution in [-0.4, -0.2) is 36.7 Å². The van der Waals surface area contributed by atoms with E-state index in [2.05, 4.69) is 15.4 Å². The highest BCUT2D eigenvalue weighted by Gasteiger charge is 2.19. The highest BCUT2D eigenvalue weighted by molar-refractivity contribution is 7.99. The number of carboxylic acids is 1. The van der Waals surface area contributed by atoms with Gasteiger partial charge >= 0.3 is 5.97 Å². The summed E-state index contributed by atoms with van der Waals surface area (Å²) in [7, 11) is 0. The van der Waals surface area contributed by atoms with Crippen molar-refractivity contribution in [1.82, 2.24) is 19.9 Å². The molecular weight excluding hydrogens is 268 g/mol. The van der Waals surface area contributed by atoms with Crippen LogP contribution >= 0.6 is 11.8 Å². The van der Waals surface area contributed by atoms with Gasteiger partial charge in [0.1, 0.15) is 5.76 Å². The van der Waals surface area contributed by atoms with Crippen molar-refractivity contribution in [2.24, 2.45) is 0 Å². The van der Waals surface area contributed by atoms with Gasteiger partial charge in [0.15, 0.2) is 16.7 Å². The minimum absolute atomic E-state index is 0.0529. The Kier molecular flexibility index (Phi) is 3.89. The monoisotopic (exact) mass is 282 g/mol. The lowest BCUT2D eigenvalue weighted by atomic mass is 10.3. The summed E-state index contributed by atoms with van der Waals surface area (Å²) in [5.74, 6) is 0.331. The number of hydrogen-bond donors (Lipinski definition) is 1. The molecule has 0 fully saturated rings. The molecule has 0 saturated heterocycles. The molecule has 2 heterocycles. The van der Waals surface area contributed by atoms with E-state index in [1.54, 1.807) is 13.0 Å². The first kappa shape index (κ1) is 13.6. The van der Waals surface area contributed by atoms with Crippen LogP contribution in [0.1, 0.15) is 25.6 Å². The third kappa shape index (κ3) is 2.95. The third-order valence-corrected chi connectivity index (χ3v) is 3.29. The van der Waals surface area contributed by atoms with Crippen LogP contribution in [0.5, 0.6) is 0 Å². The molecule has 0 unspecified atom stereocenters. The number of nitrogens with zero attached hydrogens (tertiary/aromatic N) is 4. The molecule has 0 amide bonds. The molecule has 102 valence electrons. The van der Waals surface area contributed by atoms with Gasteiger partial charge in [0.2, 0.25) is 0 Å². The maximum absolute atomic E-state index is 10.6. The van der Waals surface area contributed by atoms with E-state index in [9.17, 15) is 4.79 Å². The van der Waals surface area contributed by atoms with Crippen molar-refractivity contribution < 1.29 is 14.4 Å². The molecular formula is C11H14N4O3S. The quantitative estimate of drug-likeness (QED) is 0.838. The lowest BCUT2D eigenvalue weighted by molar-refractivity contribution is -0.133. The number of rotatable bonds is 5. The normalized spacial score (nSPS) is 11.2. The minimum Gasteiger partial charge on any atom is -0.481 e. The van der Waals surface area contributed by atoms with E-state index in [1.807, 2.05) is 18.4 Å². The number of carbonyl (C=O) groups is 1. The maximum Gasteiger partial charge on any atom is 0.313 e. The maximum atomic E-state index is 10.6. The van der Waals surface area contributed by atoms with E-state index in [0.29, 0.717) is 22.4 Å². The zero-order chi connectivity index (χ0) is 14.0. The average Bonchev–Trinajstić information content (AvgIpc) is 2.91. The lowest BCUT2D eigenvalue weighted by Crippen LogP contribution is -2.07. The SMILES string of the molecule is Cc1cc(-c2nnc(SCC(=O)O)n2C(C)C)no1. The molecule has 0 aromatic carbocycles. The van der Waals surface area contributed by atoms with Gasteiger partial charge in [-0.15, -0.1) is 10.2 Å². The molecule has 0 atom stereocenters. The molecule has 7 nitrogen and oxygen atoms in total. The van der Waals surface area contributed by atoms with Gasteiger partial charge in [-0.05, 0) is 20.8 Å². The number of hydrogen-bond acceptors (Lipinski definition) is 6. The second-order valence-corrected chi connectivity index (χ2v) is 5.22. The van der Waals surface area contributed by atoms with Gasteiger partial charge in [0.25, 0.3) is 0 Å². The summed E-state index contributed by atoms with van der Waals surface area (Å²) in [4.78, 5) is 10.6. The van der Waals surface area contributed by atoms with Crippen LogP contribution in [0, 0.1) is 6.92 Å². The number of aliphatic carboxylic acids is 1. The van der Waals surface area contributed by atoms with Gasteiger partial charge in [-0.1, -0.05) is 16.9 Å². The molecule has 19 heavy (non-hydrogen) atoms. The molecule has 8 heteroatoms. The van der Waals surface area contributed by atoms with Crippen LogP contribution in [0.25, 0.3) is 11.5 Å². The molecule has 2 aromatic heterocycles. The minimum atomic E-state index is -0.887. The molecule has 0 spiro atoms. The molecule has 0 saturated carbocycles. The van der Waals surface area contributed by atoms with E-state index in [4.69, 9.17) is 9.63 Å². The van der Waals surface area contributed by atoms with Crippen LogP contribution in [-0.2, 0) is 4.79 Å². The highest BCUT2D eigenvalue weighted by Crippen LogP contribution is 2.27. The molecule has 0 aliphatic rings. The number of aryl methyl sites for hydroxylation is 1. The first-order chi connectivity index (χ1) is 8.99. The Balaban J connectivity index is 2.37. The zero-order valence-corrected chi connectivity index (χ0v) is 11.6. The Hall–Kier alpha value is -1.83. The van der Waals surface area contributed by atoms with Crippen molar-refractivity contribution in [3.8, 4) is 11.5 Å². The van der Waals surface area contributed by atoms with Gasteiger partial charge < -0.3 is 9.63 Å². The summed E-state index contributed by atoms with van der Waals surface area (Å²) in [6, 6.07) is 1.87. The van der Waals surface area contributed by atoms with Crippen LogP contribution in [0.2, 0.25) is 0 Å². The van der Waals surface area contributed by atoms with Gasteiger partial charge in [0, 0.05) is 12.1 Å². The average molecular weight is 282 g/mol. The molecule has 0 bridgehead atoms. The molecule has 0 aliphatic heterocycles. The summed E-state index contributed by atoms with van der Waals surface area (Å²) in [6.45, 7) is 5.75. The van der Waals surface area contributed by atoms with E-state index >= 15 is 0 Å². The fraction of sp³-hybridized carbons (Fsp3) is 0.455. The molecule has 0 radical (unpaired) electrons. The van der Waals surface area contributed by atoms with E-state index in [1.165, 1.54) is 0 Å². The topological polar surface area (TPSA) is 94.0 Å². The molecule has 2 aromatic rings. The second kappa shape index (κ2) is 5.43. The zero-order valence-electron chi connectivity index (χ0n) is 10.8. The fourth-order valence-corrected chi connectivity index (χ4v) is 2.40. The summed E-state index contributed by atoms with van der Waals surface area (Å²) in [5, 5.41) is 21.3. The van der Waals surface area contributed by atoms with Gasteiger partial charge in [-0.2, -0.15) is 0 Å². The molecule has 1 N–H and O–H groups in total. The number of carboxylic acid groups (broad SMARTS) is 1. The van der Waals surface area contributed by atoms with Crippen molar-refractivity contribution in [3.05, 3.63) is 11.8 Å². The summed E-state index contributed by atoms with van der Waals surface area (Å²) in [6.07, 6.45) is 0. The Bertz CT molecular complexity index is 591. The van der Waals surface area contributed by atoms with Crippen molar-refractivity contribution in [2.75, 3.05) is 5.75 Å². The third-order valence-electron chi connectivity index (χ3n) is 2.36. The molecule has 0 aliphatic carbocycles. The Morgan fingerprint density at radius 3 is 2.79 bits per heavy atom. The van der Waals surface area contributed by atoms with E-state index in [-0.39, 0.29) is 11.8 Å². The predicted molar refractivity (Wildman–Crippen MR) is 69.0 cm³/mol. The van der Waals surface area contributed by atoms with Crippen molar-refractivity contribution in [2.45, 2.75) is 32.0 Å². The second-order valence-electron chi connectivity index (χ2n) is 4.28.